The van der Waals surface area contributed by atoms with Crippen molar-refractivity contribution in [3.8, 4) is 0 Å². The number of nitrogens with two attached hydrogens (primary N) is 1. The number of urea groups is 1. The van der Waals surface area contributed by atoms with Gasteiger partial charge in [-0.3, -0.25) is 4.90 Å². The topological polar surface area (TPSA) is 49.6 Å². The van der Waals surface area contributed by atoms with Crippen molar-refractivity contribution >= 4 is 11.7 Å². The highest BCUT2D eigenvalue weighted by atomic mass is 16.2. The average molecular weight is 273 g/mol. The van der Waals surface area contributed by atoms with Gasteiger partial charge in [-0.15, -0.1) is 0 Å². The first kappa shape index (κ1) is 13.4. The highest BCUT2D eigenvalue weighted by Gasteiger charge is 2.35. The molecule has 3 rings (SSSR count). The summed E-state index contributed by atoms with van der Waals surface area (Å²) < 4.78 is 0. The van der Waals surface area contributed by atoms with Crippen LogP contribution in [0.3, 0.4) is 0 Å². The van der Waals surface area contributed by atoms with Gasteiger partial charge in [0.25, 0.3) is 0 Å². The number of benzene rings is 1. The molecule has 1 saturated carbocycles. The maximum Gasteiger partial charge on any atom is 0.324 e. The number of carbonyl (C=O) groups excluding carboxylic acids is 1. The molecule has 4 nitrogen and oxygen atoms in total. The van der Waals surface area contributed by atoms with E-state index in [1.54, 1.807) is 0 Å². The standard InChI is InChI=1S/C16H23N3O/c1-12(2)18-10-11-19(15(18)20)14-6-4-13(5-7-14)16(17)8-3-9-16/h4-7,12H,3,8-11,17H2,1-2H3. The molecule has 0 aromatic heterocycles. The monoisotopic (exact) mass is 273 g/mol. The van der Waals surface area contributed by atoms with Crippen LogP contribution in [-0.4, -0.2) is 30.1 Å². The zero-order valence-corrected chi connectivity index (χ0v) is 12.3. The third kappa shape index (κ3) is 2.08. The first-order chi connectivity index (χ1) is 9.51. The van der Waals surface area contributed by atoms with Gasteiger partial charge >= 0.3 is 6.03 Å². The number of amides is 2. The summed E-state index contributed by atoms with van der Waals surface area (Å²) in [5.41, 5.74) is 8.37. The molecule has 2 fully saturated rings. The molecule has 1 aromatic rings. The van der Waals surface area contributed by atoms with Crippen molar-refractivity contribution in [3.05, 3.63) is 29.8 Å². The predicted molar refractivity (Wildman–Crippen MR) is 80.7 cm³/mol. The molecule has 1 saturated heterocycles. The minimum atomic E-state index is -0.127. The van der Waals surface area contributed by atoms with E-state index in [9.17, 15) is 4.79 Å². The Morgan fingerprint density at radius 2 is 1.80 bits per heavy atom. The van der Waals surface area contributed by atoms with Crippen LogP contribution in [0, 0.1) is 0 Å². The summed E-state index contributed by atoms with van der Waals surface area (Å²) in [5.74, 6) is 0. The van der Waals surface area contributed by atoms with Crippen LogP contribution in [0.5, 0.6) is 0 Å². The third-order valence-corrected chi connectivity index (χ3v) is 4.66. The second-order valence-corrected chi connectivity index (χ2v) is 6.28. The average Bonchev–Trinajstić information content (AvgIpc) is 2.78. The van der Waals surface area contributed by atoms with E-state index in [-0.39, 0.29) is 17.6 Å². The van der Waals surface area contributed by atoms with Gasteiger partial charge in [0.15, 0.2) is 0 Å². The van der Waals surface area contributed by atoms with E-state index in [2.05, 4.69) is 26.0 Å². The van der Waals surface area contributed by atoms with Crippen LogP contribution in [0.15, 0.2) is 24.3 Å². The van der Waals surface area contributed by atoms with E-state index in [1.807, 2.05) is 21.9 Å². The molecule has 1 aliphatic carbocycles. The van der Waals surface area contributed by atoms with Crippen LogP contribution in [0.1, 0.15) is 38.7 Å². The van der Waals surface area contributed by atoms with Crippen molar-refractivity contribution < 1.29 is 4.79 Å². The molecule has 1 aromatic carbocycles. The molecule has 0 radical (unpaired) electrons. The Morgan fingerprint density at radius 1 is 1.15 bits per heavy atom. The summed E-state index contributed by atoms with van der Waals surface area (Å²) in [4.78, 5) is 16.1. The Kier molecular flexibility index (Phi) is 3.21. The van der Waals surface area contributed by atoms with Gasteiger partial charge in [0.1, 0.15) is 0 Å². The summed E-state index contributed by atoms with van der Waals surface area (Å²) >= 11 is 0. The van der Waals surface area contributed by atoms with E-state index < -0.39 is 0 Å². The zero-order chi connectivity index (χ0) is 14.3. The Balaban J connectivity index is 1.77. The third-order valence-electron chi connectivity index (χ3n) is 4.66. The van der Waals surface area contributed by atoms with Gasteiger partial charge in [-0.2, -0.15) is 0 Å². The molecular weight excluding hydrogens is 250 g/mol. The van der Waals surface area contributed by atoms with Gasteiger partial charge in [-0.1, -0.05) is 12.1 Å². The van der Waals surface area contributed by atoms with E-state index in [0.717, 1.165) is 31.6 Å². The lowest BCUT2D eigenvalue weighted by Gasteiger charge is -2.38. The molecule has 1 heterocycles. The normalized spacial score (nSPS) is 21.5. The maximum atomic E-state index is 12.3. The molecule has 2 aliphatic rings. The maximum absolute atomic E-state index is 12.3. The van der Waals surface area contributed by atoms with E-state index >= 15 is 0 Å². The molecule has 2 N–H and O–H groups in total. The van der Waals surface area contributed by atoms with Crippen molar-refractivity contribution in [2.45, 2.75) is 44.7 Å². The molecule has 0 bridgehead atoms. The van der Waals surface area contributed by atoms with Gasteiger partial charge in [0.2, 0.25) is 0 Å². The van der Waals surface area contributed by atoms with Crippen LogP contribution in [0.2, 0.25) is 0 Å². The van der Waals surface area contributed by atoms with E-state index in [0.29, 0.717) is 0 Å². The molecule has 0 unspecified atom stereocenters. The lowest BCUT2D eigenvalue weighted by molar-refractivity contribution is 0.209. The molecule has 108 valence electrons. The Morgan fingerprint density at radius 3 is 2.25 bits per heavy atom. The summed E-state index contributed by atoms with van der Waals surface area (Å²) in [5, 5.41) is 0. The number of nitrogens with zero attached hydrogens (tertiary/aromatic N) is 2. The quantitative estimate of drug-likeness (QED) is 0.920. The van der Waals surface area contributed by atoms with Crippen LogP contribution in [0.4, 0.5) is 10.5 Å². The van der Waals surface area contributed by atoms with Crippen LogP contribution in [-0.2, 0) is 5.54 Å². The molecule has 4 heteroatoms. The second-order valence-electron chi connectivity index (χ2n) is 6.28. The summed E-state index contributed by atoms with van der Waals surface area (Å²) in [6.07, 6.45) is 3.35. The van der Waals surface area contributed by atoms with Crippen molar-refractivity contribution in [3.63, 3.8) is 0 Å². The highest BCUT2D eigenvalue weighted by Crippen LogP contribution is 2.39. The van der Waals surface area contributed by atoms with Crippen LogP contribution in [0.25, 0.3) is 0 Å². The van der Waals surface area contributed by atoms with Gasteiger partial charge in [-0.05, 0) is 50.8 Å². The van der Waals surface area contributed by atoms with Crippen molar-refractivity contribution in [2.24, 2.45) is 5.73 Å². The lowest BCUT2D eigenvalue weighted by atomic mass is 9.73. The van der Waals surface area contributed by atoms with Crippen molar-refractivity contribution in [1.82, 2.24) is 4.90 Å². The zero-order valence-electron chi connectivity index (χ0n) is 12.3. The molecule has 2 amide bonds. The van der Waals surface area contributed by atoms with Crippen LogP contribution >= 0.6 is 0 Å². The number of hydrogen-bond acceptors (Lipinski definition) is 2. The van der Waals surface area contributed by atoms with Gasteiger partial charge in [0.05, 0.1) is 0 Å². The second kappa shape index (κ2) is 4.77. The lowest BCUT2D eigenvalue weighted by Crippen LogP contribution is -2.43. The molecule has 0 spiro atoms. The molecule has 20 heavy (non-hydrogen) atoms. The summed E-state index contributed by atoms with van der Waals surface area (Å²) in [6.45, 7) is 5.68. The Labute approximate surface area is 120 Å². The minimum Gasteiger partial charge on any atom is -0.321 e. The van der Waals surface area contributed by atoms with E-state index in [1.165, 1.54) is 12.0 Å². The molecular formula is C16H23N3O. The van der Waals surface area contributed by atoms with Crippen molar-refractivity contribution in [1.29, 1.82) is 0 Å². The number of hydrogen-bond donors (Lipinski definition) is 1. The minimum absolute atomic E-state index is 0.110. The SMILES string of the molecule is CC(C)N1CCN(c2ccc(C3(N)CCC3)cc2)C1=O. The Hall–Kier alpha value is -1.55. The first-order valence-corrected chi connectivity index (χ1v) is 7.49. The fourth-order valence-corrected chi connectivity index (χ4v) is 3.09. The fraction of sp³-hybridized carbons (Fsp3) is 0.562. The van der Waals surface area contributed by atoms with Crippen LogP contribution < -0.4 is 10.6 Å². The molecule has 1 aliphatic heterocycles. The predicted octanol–water partition coefficient (Wildman–Crippen LogP) is 2.67. The van der Waals surface area contributed by atoms with Gasteiger partial charge < -0.3 is 10.6 Å². The molecule has 0 atom stereocenters. The van der Waals surface area contributed by atoms with E-state index in [4.69, 9.17) is 5.73 Å². The van der Waals surface area contributed by atoms with Crippen molar-refractivity contribution in [2.75, 3.05) is 18.0 Å². The first-order valence-electron chi connectivity index (χ1n) is 7.49. The Bertz CT molecular complexity index is 505. The van der Waals surface area contributed by atoms with Gasteiger partial charge in [-0.25, -0.2) is 4.79 Å². The summed E-state index contributed by atoms with van der Waals surface area (Å²) in [6, 6.07) is 8.60. The largest absolute Gasteiger partial charge is 0.324 e. The number of carbonyl (C=O) groups is 1. The summed E-state index contributed by atoms with van der Waals surface area (Å²) in [7, 11) is 0. The van der Waals surface area contributed by atoms with Gasteiger partial charge in [0, 0.05) is 30.4 Å². The fourth-order valence-electron chi connectivity index (χ4n) is 3.09. The number of anilines is 1. The number of rotatable bonds is 3. The highest BCUT2D eigenvalue weighted by molar-refractivity contribution is 5.94. The smallest absolute Gasteiger partial charge is 0.321 e.